The molecule has 2 aromatic rings. The van der Waals surface area contributed by atoms with Gasteiger partial charge in [0.1, 0.15) is 12.3 Å². The number of nitrogens with one attached hydrogen (secondary N) is 2. The Morgan fingerprint density at radius 2 is 2.12 bits per heavy atom. The molecule has 130 valence electrons. The van der Waals surface area contributed by atoms with Crippen molar-refractivity contribution < 1.29 is 19.4 Å². The van der Waals surface area contributed by atoms with Crippen LogP contribution < -0.4 is 15.4 Å². The largest absolute Gasteiger partial charge is 0.496 e. The smallest absolute Gasteiger partial charge is 0.322 e. The van der Waals surface area contributed by atoms with Crippen LogP contribution in [-0.2, 0) is 9.59 Å². The van der Waals surface area contributed by atoms with Crippen LogP contribution in [0, 0.1) is 6.92 Å². The Balaban J connectivity index is 1.91. The minimum Gasteiger partial charge on any atom is -0.496 e. The second-order valence-electron chi connectivity index (χ2n) is 5.80. The predicted octanol–water partition coefficient (Wildman–Crippen LogP) is 1.76. The van der Waals surface area contributed by atoms with Gasteiger partial charge in [0.15, 0.2) is 0 Å². The van der Waals surface area contributed by atoms with Gasteiger partial charge in [-0.25, -0.2) is 9.97 Å². The summed E-state index contributed by atoms with van der Waals surface area (Å²) in [5.41, 5.74) is 3.47. The Morgan fingerprint density at radius 1 is 1.40 bits per heavy atom. The highest BCUT2D eigenvalue weighted by molar-refractivity contribution is 5.95. The number of aromatic nitrogens is 2. The molecule has 0 fully saturated rings. The van der Waals surface area contributed by atoms with Crippen LogP contribution in [0.5, 0.6) is 5.75 Å². The number of fused-ring (bicyclic) bond motifs is 1. The van der Waals surface area contributed by atoms with Crippen molar-refractivity contribution in [3.8, 4) is 5.75 Å². The molecule has 0 saturated heterocycles. The summed E-state index contributed by atoms with van der Waals surface area (Å²) in [5.74, 6) is -0.296. The van der Waals surface area contributed by atoms with Gasteiger partial charge in [0, 0.05) is 36.5 Å². The van der Waals surface area contributed by atoms with E-state index in [2.05, 4.69) is 20.6 Å². The summed E-state index contributed by atoms with van der Waals surface area (Å²) >= 11 is 0. The molecule has 1 unspecified atom stereocenters. The Hall–Kier alpha value is -3.16. The van der Waals surface area contributed by atoms with E-state index in [0.29, 0.717) is 12.2 Å². The molecule has 1 aromatic carbocycles. The molecule has 0 bridgehead atoms. The average molecular weight is 342 g/mol. The highest BCUT2D eigenvalue weighted by Crippen LogP contribution is 2.39. The van der Waals surface area contributed by atoms with Crippen LogP contribution in [0.4, 0.5) is 11.6 Å². The number of nitrogens with zero attached hydrogens (tertiary/aromatic N) is 2. The van der Waals surface area contributed by atoms with Gasteiger partial charge in [-0.05, 0) is 29.7 Å². The molecule has 8 heteroatoms. The molecule has 0 aliphatic carbocycles. The molecule has 0 spiro atoms. The van der Waals surface area contributed by atoms with E-state index >= 15 is 0 Å². The molecular weight excluding hydrogens is 324 g/mol. The molecule has 2 heterocycles. The molecule has 8 nitrogen and oxygen atoms in total. The fourth-order valence-corrected chi connectivity index (χ4v) is 2.88. The van der Waals surface area contributed by atoms with Crippen LogP contribution in [0.3, 0.4) is 0 Å². The van der Waals surface area contributed by atoms with Crippen molar-refractivity contribution in [2.45, 2.75) is 19.3 Å². The van der Waals surface area contributed by atoms with E-state index in [4.69, 9.17) is 9.84 Å². The summed E-state index contributed by atoms with van der Waals surface area (Å²) in [5, 5.41) is 14.1. The first kappa shape index (κ1) is 16.7. The number of carbonyl (C=O) groups excluding carboxylic acids is 1. The fraction of sp³-hybridized carbons (Fsp3) is 0.294. The molecule has 0 saturated carbocycles. The Morgan fingerprint density at radius 3 is 2.76 bits per heavy atom. The van der Waals surface area contributed by atoms with Crippen molar-refractivity contribution in [2.24, 2.45) is 0 Å². The van der Waals surface area contributed by atoms with Crippen LogP contribution in [-0.4, -0.2) is 40.6 Å². The van der Waals surface area contributed by atoms with Crippen LogP contribution in [0.2, 0.25) is 0 Å². The number of carbonyl (C=O) groups is 2. The number of carboxylic acid groups (broad SMARTS) is 1. The molecule has 1 aliphatic rings. The average Bonchev–Trinajstić information content (AvgIpc) is 2.59. The third-order valence-electron chi connectivity index (χ3n) is 4.08. The zero-order valence-corrected chi connectivity index (χ0v) is 13.9. The van der Waals surface area contributed by atoms with Crippen LogP contribution >= 0.6 is 0 Å². The second kappa shape index (κ2) is 6.76. The molecule has 3 N–H and O–H groups in total. The first-order valence-electron chi connectivity index (χ1n) is 7.74. The van der Waals surface area contributed by atoms with Crippen molar-refractivity contribution in [2.75, 3.05) is 24.3 Å². The number of benzene rings is 1. The highest BCUT2D eigenvalue weighted by Gasteiger charge is 2.28. The second-order valence-corrected chi connectivity index (χ2v) is 5.80. The number of hydrogen-bond acceptors (Lipinski definition) is 6. The molecule has 1 aliphatic heterocycles. The molecule has 25 heavy (non-hydrogen) atoms. The molecule has 1 aromatic heterocycles. The lowest BCUT2D eigenvalue weighted by Crippen LogP contribution is -2.24. The van der Waals surface area contributed by atoms with Crippen molar-refractivity contribution in [3.05, 3.63) is 41.2 Å². The number of amides is 1. The maximum Gasteiger partial charge on any atom is 0.322 e. The summed E-state index contributed by atoms with van der Waals surface area (Å²) in [6.07, 6.45) is 3.53. The number of aryl methyl sites for hydroxylation is 1. The molecule has 0 radical (unpaired) electrons. The normalized spacial score (nSPS) is 15.9. The number of ether oxygens (including phenoxy) is 1. The predicted molar refractivity (Wildman–Crippen MR) is 91.0 cm³/mol. The first-order valence-corrected chi connectivity index (χ1v) is 7.74. The summed E-state index contributed by atoms with van der Waals surface area (Å²) < 4.78 is 5.32. The lowest BCUT2D eigenvalue weighted by Gasteiger charge is -2.26. The first-order chi connectivity index (χ1) is 12.0. The van der Waals surface area contributed by atoms with E-state index in [9.17, 15) is 9.59 Å². The maximum absolute atomic E-state index is 12.1. The van der Waals surface area contributed by atoms with E-state index < -0.39 is 5.97 Å². The Kier molecular flexibility index (Phi) is 4.51. The van der Waals surface area contributed by atoms with E-state index in [-0.39, 0.29) is 24.3 Å². The van der Waals surface area contributed by atoms with E-state index in [1.54, 1.807) is 19.5 Å². The quantitative estimate of drug-likeness (QED) is 0.759. The Bertz CT molecular complexity index is 820. The zero-order valence-electron chi connectivity index (χ0n) is 13.9. The number of carboxylic acids is 1. The summed E-state index contributed by atoms with van der Waals surface area (Å²) in [4.78, 5) is 30.9. The molecule has 3 rings (SSSR count). The highest BCUT2D eigenvalue weighted by atomic mass is 16.5. The van der Waals surface area contributed by atoms with E-state index in [1.165, 1.54) is 0 Å². The van der Waals surface area contributed by atoms with Crippen molar-refractivity contribution >= 4 is 23.5 Å². The number of methoxy groups -OCH3 is 1. The van der Waals surface area contributed by atoms with Gasteiger partial charge in [0.25, 0.3) is 0 Å². The molecule has 1 amide bonds. The van der Waals surface area contributed by atoms with E-state index in [0.717, 1.165) is 22.4 Å². The summed E-state index contributed by atoms with van der Waals surface area (Å²) in [6, 6.07) is 3.81. The Labute approximate surface area is 144 Å². The summed E-state index contributed by atoms with van der Waals surface area (Å²) in [6.45, 7) is 1.69. The number of aliphatic carboxylic acids is 1. The molecular formula is C17H18N4O4. The van der Waals surface area contributed by atoms with Crippen LogP contribution in [0.25, 0.3) is 0 Å². The monoisotopic (exact) mass is 342 g/mol. The van der Waals surface area contributed by atoms with Gasteiger partial charge in [0.05, 0.1) is 7.11 Å². The van der Waals surface area contributed by atoms with Crippen molar-refractivity contribution in [3.63, 3.8) is 0 Å². The lowest BCUT2D eigenvalue weighted by atomic mass is 9.85. The molecule has 1 atom stereocenters. The van der Waals surface area contributed by atoms with Crippen LogP contribution in [0.15, 0.2) is 24.5 Å². The maximum atomic E-state index is 12.1. The fourth-order valence-electron chi connectivity index (χ4n) is 2.88. The van der Waals surface area contributed by atoms with Gasteiger partial charge >= 0.3 is 5.97 Å². The SMILES string of the molecule is COc1cc2c(cc1C)C(c1cnc(NCC(=O)O)nc1)CC(=O)N2. The van der Waals surface area contributed by atoms with Gasteiger partial charge in [-0.1, -0.05) is 0 Å². The topological polar surface area (TPSA) is 113 Å². The third kappa shape index (κ3) is 3.52. The standard InChI is InChI=1S/C17H18N4O4/c1-9-3-12-11(4-15(22)21-13(12)5-14(9)25-2)10-6-18-17(19-7-10)20-8-16(23)24/h3,5-7,11H,4,8H2,1-2H3,(H,21,22)(H,23,24)(H,18,19,20). The van der Waals surface area contributed by atoms with Gasteiger partial charge < -0.3 is 20.5 Å². The minimum atomic E-state index is -0.991. The van der Waals surface area contributed by atoms with Gasteiger partial charge in [-0.3, -0.25) is 9.59 Å². The van der Waals surface area contributed by atoms with Gasteiger partial charge in [0.2, 0.25) is 11.9 Å². The van der Waals surface area contributed by atoms with E-state index in [1.807, 2.05) is 19.1 Å². The number of anilines is 2. The van der Waals surface area contributed by atoms with Crippen molar-refractivity contribution in [1.29, 1.82) is 0 Å². The number of rotatable bonds is 5. The summed E-state index contributed by atoms with van der Waals surface area (Å²) in [7, 11) is 1.59. The minimum absolute atomic E-state index is 0.0866. The van der Waals surface area contributed by atoms with Crippen LogP contribution in [0.1, 0.15) is 29.0 Å². The third-order valence-corrected chi connectivity index (χ3v) is 4.08. The van der Waals surface area contributed by atoms with Gasteiger partial charge in [-0.15, -0.1) is 0 Å². The van der Waals surface area contributed by atoms with Crippen molar-refractivity contribution in [1.82, 2.24) is 9.97 Å². The number of hydrogen-bond donors (Lipinski definition) is 3. The zero-order chi connectivity index (χ0) is 18.0. The lowest BCUT2D eigenvalue weighted by molar-refractivity contribution is -0.135. The van der Waals surface area contributed by atoms with Gasteiger partial charge in [-0.2, -0.15) is 0 Å².